The lowest BCUT2D eigenvalue weighted by molar-refractivity contribution is -0.880. The summed E-state index contributed by atoms with van der Waals surface area (Å²) in [5, 5.41) is 0. The standard InChI is InChI=1S/C17H17BrN5O2S2/c1-22-8-10-23(11-9-22)17-16(19-12-4-2-3-5-13(12)20-17)21-27(24,25)15-7-6-14(18)26-15/h2-7H,8-11H2,1H3/q-1/p+1. The third kappa shape index (κ3) is 3.93. The fourth-order valence-corrected chi connectivity index (χ4v) is 5.87. The molecule has 7 nitrogen and oxygen atoms in total. The minimum atomic E-state index is -3.85. The second-order valence-corrected chi connectivity index (χ2v) is 10.7. The van der Waals surface area contributed by atoms with Crippen molar-refractivity contribution in [2.24, 2.45) is 0 Å². The van der Waals surface area contributed by atoms with Crippen molar-refractivity contribution < 1.29 is 13.3 Å². The zero-order valence-corrected chi connectivity index (χ0v) is 17.8. The maximum Gasteiger partial charge on any atom is 0.212 e. The Morgan fingerprint density at radius 2 is 1.78 bits per heavy atom. The molecule has 0 saturated carbocycles. The van der Waals surface area contributed by atoms with Gasteiger partial charge in [-0.1, -0.05) is 18.2 Å². The van der Waals surface area contributed by atoms with E-state index in [1.165, 1.54) is 4.90 Å². The summed E-state index contributed by atoms with van der Waals surface area (Å²) >= 11 is 4.43. The molecule has 10 heteroatoms. The van der Waals surface area contributed by atoms with Gasteiger partial charge in [0.05, 0.1) is 42.5 Å². The van der Waals surface area contributed by atoms with Gasteiger partial charge < -0.3 is 19.5 Å². The Hall–Kier alpha value is -1.75. The lowest BCUT2D eigenvalue weighted by atomic mass is 10.3. The van der Waals surface area contributed by atoms with Crippen LogP contribution in [0, 0.1) is 0 Å². The van der Waals surface area contributed by atoms with E-state index >= 15 is 0 Å². The largest absolute Gasteiger partial charge is 0.431 e. The Labute approximate surface area is 170 Å². The molecule has 0 unspecified atom stereocenters. The van der Waals surface area contributed by atoms with E-state index < -0.39 is 10.0 Å². The Bertz CT molecular complexity index is 1080. The van der Waals surface area contributed by atoms with Crippen LogP contribution >= 0.6 is 27.3 Å². The third-order valence-corrected chi connectivity index (χ3v) is 7.82. The van der Waals surface area contributed by atoms with E-state index in [9.17, 15) is 8.42 Å². The van der Waals surface area contributed by atoms with Crippen LogP contribution in [0.15, 0.2) is 44.4 Å². The first-order valence-electron chi connectivity index (χ1n) is 8.49. The number of piperazine rings is 1. The highest BCUT2D eigenvalue weighted by Gasteiger charge is 2.21. The molecule has 3 aromatic rings. The van der Waals surface area contributed by atoms with Crippen LogP contribution in [-0.2, 0) is 10.0 Å². The number of nitrogens with one attached hydrogen (secondary N) is 1. The van der Waals surface area contributed by atoms with Crippen molar-refractivity contribution in [3.05, 3.63) is 44.9 Å². The van der Waals surface area contributed by atoms with Crippen LogP contribution in [0.5, 0.6) is 0 Å². The highest BCUT2D eigenvalue weighted by atomic mass is 79.9. The SMILES string of the molecule is C[NH+]1CCN(c2nc3ccccc3nc2[N-]S(=O)(=O)c2ccc(Br)s2)CC1. The number of likely N-dealkylation sites (N-methyl/N-ethyl adjacent to an activating group) is 1. The first-order chi connectivity index (χ1) is 12.9. The van der Waals surface area contributed by atoms with E-state index in [0.29, 0.717) is 11.3 Å². The maximum absolute atomic E-state index is 12.8. The fraction of sp³-hybridized carbons (Fsp3) is 0.294. The number of nitrogens with zero attached hydrogens (tertiary/aromatic N) is 4. The van der Waals surface area contributed by atoms with Gasteiger partial charge in [0.2, 0.25) is 10.0 Å². The van der Waals surface area contributed by atoms with Crippen molar-refractivity contribution >= 4 is 60.0 Å². The first-order valence-corrected chi connectivity index (χ1v) is 11.5. The molecule has 1 fully saturated rings. The predicted molar refractivity (Wildman–Crippen MR) is 111 cm³/mol. The summed E-state index contributed by atoms with van der Waals surface area (Å²) in [7, 11) is -1.71. The zero-order chi connectivity index (χ0) is 19.0. The lowest BCUT2D eigenvalue weighted by Crippen LogP contribution is -3.12. The number of hydrogen-bond acceptors (Lipinski definition) is 6. The minimum absolute atomic E-state index is 0.151. The zero-order valence-electron chi connectivity index (χ0n) is 14.6. The summed E-state index contributed by atoms with van der Waals surface area (Å²) in [6.45, 7) is 3.48. The molecular formula is C17H18BrN5O2S2. The summed E-state index contributed by atoms with van der Waals surface area (Å²) < 4.78 is 30.5. The molecular weight excluding hydrogens is 450 g/mol. The van der Waals surface area contributed by atoms with Crippen molar-refractivity contribution in [1.29, 1.82) is 0 Å². The van der Waals surface area contributed by atoms with Crippen LogP contribution < -0.4 is 9.80 Å². The van der Waals surface area contributed by atoms with E-state index in [1.54, 1.807) is 12.1 Å². The Morgan fingerprint density at radius 1 is 1.11 bits per heavy atom. The summed E-state index contributed by atoms with van der Waals surface area (Å²) in [4.78, 5) is 12.7. The highest BCUT2D eigenvalue weighted by molar-refractivity contribution is 9.11. The van der Waals surface area contributed by atoms with Crippen LogP contribution in [0.25, 0.3) is 15.8 Å². The number of thiophene rings is 1. The van der Waals surface area contributed by atoms with Crippen LogP contribution in [0.2, 0.25) is 0 Å². The van der Waals surface area contributed by atoms with E-state index in [-0.39, 0.29) is 10.0 Å². The molecule has 0 aliphatic carbocycles. The number of benzene rings is 1. The normalized spacial score (nSPS) is 16.0. The number of aromatic nitrogens is 2. The number of para-hydroxylation sites is 2. The lowest BCUT2D eigenvalue weighted by Gasteiger charge is -2.34. The molecule has 1 aliphatic heterocycles. The van der Waals surface area contributed by atoms with Gasteiger partial charge in [-0.25, -0.2) is 13.4 Å². The Morgan fingerprint density at radius 3 is 2.41 bits per heavy atom. The quantitative estimate of drug-likeness (QED) is 0.635. The number of hydrogen-bond donors (Lipinski definition) is 1. The monoisotopic (exact) mass is 467 g/mol. The molecule has 1 N–H and O–H groups in total. The molecule has 0 spiro atoms. The number of fused-ring (bicyclic) bond motifs is 1. The van der Waals surface area contributed by atoms with Gasteiger partial charge in [-0.15, -0.1) is 11.3 Å². The molecule has 1 aliphatic rings. The van der Waals surface area contributed by atoms with Gasteiger partial charge in [0.15, 0.2) is 0 Å². The third-order valence-electron chi connectivity index (χ3n) is 4.46. The van der Waals surface area contributed by atoms with Crippen LogP contribution in [0.4, 0.5) is 11.6 Å². The molecule has 1 aromatic carbocycles. The fourth-order valence-electron chi connectivity index (χ4n) is 2.95. The van der Waals surface area contributed by atoms with Crippen LogP contribution in [-0.4, -0.2) is 51.6 Å². The number of anilines is 1. The molecule has 4 rings (SSSR count). The van der Waals surface area contributed by atoms with Gasteiger partial charge in [0.25, 0.3) is 0 Å². The smallest absolute Gasteiger partial charge is 0.212 e. The van der Waals surface area contributed by atoms with E-state index in [1.807, 2.05) is 24.3 Å². The molecule has 142 valence electrons. The van der Waals surface area contributed by atoms with Gasteiger partial charge >= 0.3 is 0 Å². The minimum Gasteiger partial charge on any atom is -0.431 e. The molecule has 1 saturated heterocycles. The molecule has 2 aromatic heterocycles. The average Bonchev–Trinajstić information content (AvgIpc) is 3.09. The molecule has 27 heavy (non-hydrogen) atoms. The summed E-state index contributed by atoms with van der Waals surface area (Å²) in [6.07, 6.45) is 0. The van der Waals surface area contributed by atoms with Gasteiger partial charge in [-0.3, -0.25) is 0 Å². The second-order valence-electron chi connectivity index (χ2n) is 6.43. The van der Waals surface area contributed by atoms with Gasteiger partial charge in [0.1, 0.15) is 10.0 Å². The van der Waals surface area contributed by atoms with E-state index in [2.05, 4.69) is 37.6 Å². The number of halogens is 1. The summed E-state index contributed by atoms with van der Waals surface area (Å²) in [5.74, 6) is 0.679. The number of sulfonamides is 1. The van der Waals surface area contributed by atoms with Crippen molar-refractivity contribution in [3.63, 3.8) is 0 Å². The molecule has 0 amide bonds. The second kappa shape index (κ2) is 7.34. The van der Waals surface area contributed by atoms with Crippen molar-refractivity contribution in [2.45, 2.75) is 4.21 Å². The first kappa shape index (κ1) is 18.6. The average molecular weight is 468 g/mol. The number of quaternary nitrogens is 1. The van der Waals surface area contributed by atoms with Gasteiger partial charge in [-0.05, 0) is 45.5 Å². The van der Waals surface area contributed by atoms with Crippen molar-refractivity contribution in [2.75, 3.05) is 38.1 Å². The van der Waals surface area contributed by atoms with E-state index in [4.69, 9.17) is 4.98 Å². The Kier molecular flexibility index (Phi) is 5.06. The summed E-state index contributed by atoms with van der Waals surface area (Å²) in [6, 6.07) is 10.7. The van der Waals surface area contributed by atoms with Gasteiger partial charge in [0, 0.05) is 0 Å². The molecule has 3 heterocycles. The van der Waals surface area contributed by atoms with E-state index in [0.717, 1.165) is 46.8 Å². The molecule has 0 radical (unpaired) electrons. The topological polar surface area (TPSA) is 81.7 Å². The maximum atomic E-state index is 12.8. The van der Waals surface area contributed by atoms with Crippen LogP contribution in [0.1, 0.15) is 0 Å². The van der Waals surface area contributed by atoms with Crippen LogP contribution in [0.3, 0.4) is 0 Å². The molecule has 0 bridgehead atoms. The van der Waals surface area contributed by atoms with Crippen molar-refractivity contribution in [1.82, 2.24) is 9.97 Å². The predicted octanol–water partition coefficient (Wildman–Crippen LogP) is 2.18. The highest BCUT2D eigenvalue weighted by Crippen LogP contribution is 2.37. The van der Waals surface area contributed by atoms with Gasteiger partial charge in [-0.2, -0.15) is 0 Å². The number of rotatable bonds is 4. The summed E-state index contributed by atoms with van der Waals surface area (Å²) in [5.41, 5.74) is 1.36. The van der Waals surface area contributed by atoms with Crippen molar-refractivity contribution in [3.8, 4) is 0 Å². The Balaban J connectivity index is 1.77. The molecule has 0 atom stereocenters.